The number of morpholine rings is 1. The largest absolute Gasteiger partial charge is 0.379 e. The molecule has 2 aromatic carbocycles. The number of nitrogens with zero attached hydrogens (tertiary/aromatic N) is 1. The van der Waals surface area contributed by atoms with E-state index in [4.69, 9.17) is 9.94 Å². The lowest BCUT2D eigenvalue weighted by Crippen LogP contribution is -2.52. The summed E-state index contributed by atoms with van der Waals surface area (Å²) >= 11 is 0. The van der Waals surface area contributed by atoms with E-state index in [0.29, 0.717) is 11.6 Å². The Balaban J connectivity index is 1.24. The summed E-state index contributed by atoms with van der Waals surface area (Å²) in [7, 11) is 0. The van der Waals surface area contributed by atoms with Gasteiger partial charge in [-0.1, -0.05) is 36.1 Å². The summed E-state index contributed by atoms with van der Waals surface area (Å²) in [5.74, 6) is 4.39. The van der Waals surface area contributed by atoms with E-state index in [1.807, 2.05) is 6.08 Å². The zero-order valence-electron chi connectivity index (χ0n) is 22.3. The Labute approximate surface area is 234 Å². The minimum atomic E-state index is -1.14. The van der Waals surface area contributed by atoms with Crippen LogP contribution in [0, 0.1) is 11.8 Å². The summed E-state index contributed by atoms with van der Waals surface area (Å²) in [5, 5.41) is 17.2. The molecule has 210 valence electrons. The van der Waals surface area contributed by atoms with E-state index in [1.54, 1.807) is 30.3 Å². The topological polar surface area (TPSA) is 132 Å². The molecule has 2 aromatic rings. The van der Waals surface area contributed by atoms with Crippen LogP contribution in [0.2, 0.25) is 0 Å². The summed E-state index contributed by atoms with van der Waals surface area (Å²) in [6, 6.07) is 14.2. The number of hydroxylamine groups is 1. The molecule has 4 rings (SSSR count). The van der Waals surface area contributed by atoms with Crippen molar-refractivity contribution in [3.63, 3.8) is 0 Å². The normalized spacial score (nSPS) is 16.0. The Hall–Kier alpha value is -4.01. The fraction of sp³-hybridized carbons (Fsp3) is 0.367. The number of rotatable bonds is 11. The minimum absolute atomic E-state index is 0.130. The van der Waals surface area contributed by atoms with Gasteiger partial charge in [-0.15, -0.1) is 0 Å². The summed E-state index contributed by atoms with van der Waals surface area (Å²) in [4.78, 5) is 39.0. The van der Waals surface area contributed by atoms with Crippen LogP contribution < -0.4 is 21.4 Å². The predicted octanol–water partition coefficient (Wildman–Crippen LogP) is 1.06. The standard InChI is InChI=1S/C30H35N5O5/c36-28(20-31-26-13-14-26)32-19-27(30(38)34-39)33-29(37)25-11-9-23(10-12-25)4-2-1-3-22-5-7-24(8-6-22)21-35-15-17-40-18-16-35/h1,3,5-12,26-27,31,39H,13-21H2,(H,32,36)(H,33,37)(H,34,38)/b3-1+/t27-/m0/s1. The lowest BCUT2D eigenvalue weighted by Gasteiger charge is -2.26. The van der Waals surface area contributed by atoms with Crippen molar-refractivity contribution in [2.45, 2.75) is 31.5 Å². The third kappa shape index (κ3) is 9.63. The lowest BCUT2D eigenvalue weighted by molar-refractivity contribution is -0.131. The quantitative estimate of drug-likeness (QED) is 0.162. The first-order valence-electron chi connectivity index (χ1n) is 13.4. The number of allylic oxidation sites excluding steroid dienone is 1. The van der Waals surface area contributed by atoms with Crippen LogP contribution in [-0.2, 0) is 20.9 Å². The molecular weight excluding hydrogens is 510 g/mol. The molecule has 0 aromatic heterocycles. The highest BCUT2D eigenvalue weighted by Crippen LogP contribution is 2.17. The highest BCUT2D eigenvalue weighted by molar-refractivity contribution is 5.97. The van der Waals surface area contributed by atoms with Crippen LogP contribution in [0.4, 0.5) is 0 Å². The van der Waals surface area contributed by atoms with Gasteiger partial charge in [0.2, 0.25) is 5.91 Å². The first-order chi connectivity index (χ1) is 19.5. The first-order valence-corrected chi connectivity index (χ1v) is 13.4. The highest BCUT2D eigenvalue weighted by atomic mass is 16.5. The summed E-state index contributed by atoms with van der Waals surface area (Å²) < 4.78 is 5.40. The predicted molar refractivity (Wildman–Crippen MR) is 150 cm³/mol. The molecule has 1 aliphatic carbocycles. The number of carbonyl (C=O) groups excluding carboxylic acids is 3. The maximum absolute atomic E-state index is 12.7. The Morgan fingerprint density at radius 3 is 2.45 bits per heavy atom. The van der Waals surface area contributed by atoms with Crippen LogP contribution in [-0.4, -0.2) is 79.3 Å². The lowest BCUT2D eigenvalue weighted by atomic mass is 10.1. The third-order valence-corrected chi connectivity index (χ3v) is 6.58. The van der Waals surface area contributed by atoms with Gasteiger partial charge in [-0.25, -0.2) is 5.48 Å². The average molecular weight is 546 g/mol. The van der Waals surface area contributed by atoms with E-state index in [-0.39, 0.29) is 19.0 Å². The molecule has 5 N–H and O–H groups in total. The number of hydrogen-bond donors (Lipinski definition) is 5. The van der Waals surface area contributed by atoms with Crippen molar-refractivity contribution in [3.8, 4) is 11.8 Å². The molecule has 0 bridgehead atoms. The van der Waals surface area contributed by atoms with Crippen LogP contribution in [0.25, 0.3) is 6.08 Å². The molecule has 2 fully saturated rings. The van der Waals surface area contributed by atoms with Gasteiger partial charge in [0.25, 0.3) is 11.8 Å². The molecule has 3 amide bonds. The third-order valence-electron chi connectivity index (χ3n) is 6.58. The van der Waals surface area contributed by atoms with Crippen molar-refractivity contribution in [1.82, 2.24) is 26.3 Å². The smallest absolute Gasteiger partial charge is 0.267 e. The van der Waals surface area contributed by atoms with Crippen molar-refractivity contribution in [2.75, 3.05) is 39.4 Å². The second kappa shape index (κ2) is 15.0. The van der Waals surface area contributed by atoms with Gasteiger partial charge in [-0.05, 0) is 60.4 Å². The molecule has 0 radical (unpaired) electrons. The Kier molecular flexibility index (Phi) is 10.8. The molecule has 0 spiro atoms. The van der Waals surface area contributed by atoms with Crippen LogP contribution in [0.1, 0.15) is 39.9 Å². The number of carbonyl (C=O) groups is 3. The summed E-state index contributed by atoms with van der Waals surface area (Å²) in [5.41, 5.74) is 4.89. The van der Waals surface area contributed by atoms with E-state index >= 15 is 0 Å². The number of amides is 3. The molecular formula is C30H35N5O5. The van der Waals surface area contributed by atoms with E-state index in [9.17, 15) is 14.4 Å². The fourth-order valence-electron chi connectivity index (χ4n) is 4.05. The van der Waals surface area contributed by atoms with Crippen molar-refractivity contribution < 1.29 is 24.3 Å². The second-order valence-electron chi connectivity index (χ2n) is 9.77. The van der Waals surface area contributed by atoms with E-state index in [1.165, 1.54) is 11.0 Å². The SMILES string of the molecule is O=C(CNC1CC1)NC[C@H](NC(=O)c1ccc(C#C/C=C/c2ccc(CN3CCOCC3)cc2)cc1)C(=O)NO. The number of ether oxygens (including phenoxy) is 1. The molecule has 1 saturated carbocycles. The van der Waals surface area contributed by atoms with Crippen molar-refractivity contribution >= 4 is 23.8 Å². The Bertz CT molecular complexity index is 1240. The van der Waals surface area contributed by atoms with Gasteiger partial charge in [0.15, 0.2) is 0 Å². The Morgan fingerprint density at radius 2 is 1.77 bits per heavy atom. The van der Waals surface area contributed by atoms with Gasteiger partial charge in [-0.2, -0.15) is 0 Å². The maximum Gasteiger partial charge on any atom is 0.267 e. The highest BCUT2D eigenvalue weighted by Gasteiger charge is 2.24. The van der Waals surface area contributed by atoms with Gasteiger partial charge in [0.1, 0.15) is 6.04 Å². The van der Waals surface area contributed by atoms with E-state index < -0.39 is 17.9 Å². The van der Waals surface area contributed by atoms with Gasteiger partial charge >= 0.3 is 0 Å². The molecule has 2 aliphatic rings. The second-order valence-corrected chi connectivity index (χ2v) is 9.77. The summed E-state index contributed by atoms with van der Waals surface area (Å²) in [6.45, 7) is 4.40. The van der Waals surface area contributed by atoms with Crippen LogP contribution in [0.3, 0.4) is 0 Å². The van der Waals surface area contributed by atoms with Gasteiger partial charge in [0.05, 0.1) is 19.8 Å². The maximum atomic E-state index is 12.7. The van der Waals surface area contributed by atoms with Crippen LogP contribution in [0.15, 0.2) is 54.6 Å². The zero-order chi connectivity index (χ0) is 28.2. The molecule has 1 aliphatic heterocycles. The van der Waals surface area contributed by atoms with Crippen molar-refractivity contribution in [3.05, 3.63) is 76.9 Å². The molecule has 1 heterocycles. The first kappa shape index (κ1) is 29.0. The molecule has 10 nitrogen and oxygen atoms in total. The molecule has 0 unspecified atom stereocenters. The fourth-order valence-corrected chi connectivity index (χ4v) is 4.05. The van der Waals surface area contributed by atoms with Crippen molar-refractivity contribution in [2.24, 2.45) is 0 Å². The molecule has 1 atom stereocenters. The summed E-state index contributed by atoms with van der Waals surface area (Å²) in [6.07, 6.45) is 5.82. The number of hydrogen-bond acceptors (Lipinski definition) is 7. The number of nitrogens with one attached hydrogen (secondary N) is 4. The zero-order valence-corrected chi connectivity index (χ0v) is 22.3. The van der Waals surface area contributed by atoms with Crippen molar-refractivity contribution in [1.29, 1.82) is 0 Å². The monoisotopic (exact) mass is 545 g/mol. The van der Waals surface area contributed by atoms with Gasteiger partial charge < -0.3 is 20.7 Å². The van der Waals surface area contributed by atoms with Crippen LogP contribution in [0.5, 0.6) is 0 Å². The minimum Gasteiger partial charge on any atom is -0.379 e. The van der Waals surface area contributed by atoms with Crippen LogP contribution >= 0.6 is 0 Å². The van der Waals surface area contributed by atoms with Gasteiger partial charge in [0, 0.05) is 43.3 Å². The average Bonchev–Trinajstić information content (AvgIpc) is 3.82. The molecule has 10 heteroatoms. The number of benzene rings is 2. The van der Waals surface area contributed by atoms with E-state index in [2.05, 4.69) is 57.0 Å². The molecule has 40 heavy (non-hydrogen) atoms. The van der Waals surface area contributed by atoms with E-state index in [0.717, 1.165) is 56.8 Å². The molecule has 1 saturated heterocycles. The van der Waals surface area contributed by atoms with Gasteiger partial charge in [-0.3, -0.25) is 24.5 Å². The Morgan fingerprint density at radius 1 is 1.05 bits per heavy atom.